The van der Waals surface area contributed by atoms with Gasteiger partial charge in [0.05, 0.1) is 16.2 Å². The summed E-state index contributed by atoms with van der Waals surface area (Å²) in [6.07, 6.45) is -3.01. The maximum Gasteiger partial charge on any atom is 0.418 e. The lowest BCUT2D eigenvalue weighted by atomic mass is 10.2. The number of nitrogens with one attached hydrogen (secondary N) is 1. The average molecular weight is 493 g/mol. The number of halogens is 4. The summed E-state index contributed by atoms with van der Waals surface area (Å²) in [6.45, 7) is 0. The smallest absolute Gasteiger partial charge is 0.418 e. The van der Waals surface area contributed by atoms with Gasteiger partial charge in [0, 0.05) is 16.1 Å². The number of nitrogens with zero attached hydrogens (tertiary/aromatic N) is 1. The monoisotopic (exact) mass is 492 g/mol. The Bertz CT molecular complexity index is 1170. The third-order valence-corrected chi connectivity index (χ3v) is 5.55. The lowest BCUT2D eigenvalue weighted by Crippen LogP contribution is -2.19. The van der Waals surface area contributed by atoms with Gasteiger partial charge in [-0.3, -0.25) is 4.79 Å². The number of amidine groups is 1. The molecule has 1 aromatic heterocycles. The van der Waals surface area contributed by atoms with E-state index >= 15 is 0 Å². The highest BCUT2D eigenvalue weighted by atomic mass is 79.9. The molecule has 0 bridgehead atoms. The summed E-state index contributed by atoms with van der Waals surface area (Å²) in [7, 11) is 0. The molecule has 0 spiro atoms. The van der Waals surface area contributed by atoms with Gasteiger partial charge >= 0.3 is 6.18 Å². The summed E-state index contributed by atoms with van der Waals surface area (Å²) in [5.41, 5.74) is -0.253. The zero-order chi connectivity index (χ0) is 21.3. The summed E-state index contributed by atoms with van der Waals surface area (Å²) < 4.78 is 46.1. The first kappa shape index (κ1) is 20.5. The Balaban J connectivity index is 1.57. The first-order valence-electron chi connectivity index (χ1n) is 8.61. The fourth-order valence-corrected chi connectivity index (χ4v) is 3.81. The second-order valence-corrected chi connectivity index (χ2v) is 8.15. The van der Waals surface area contributed by atoms with E-state index in [1.807, 2.05) is 24.3 Å². The van der Waals surface area contributed by atoms with Crippen LogP contribution >= 0.6 is 27.7 Å². The third-order valence-electron chi connectivity index (χ3n) is 4.11. The van der Waals surface area contributed by atoms with Crippen LogP contribution in [0.2, 0.25) is 0 Å². The Morgan fingerprint density at radius 1 is 1.03 bits per heavy atom. The van der Waals surface area contributed by atoms with E-state index < -0.39 is 17.6 Å². The van der Waals surface area contributed by atoms with Crippen LogP contribution in [0.3, 0.4) is 0 Å². The number of hydrogen-bond acceptors (Lipinski definition) is 4. The summed E-state index contributed by atoms with van der Waals surface area (Å²) in [4.78, 5) is 16.5. The molecule has 1 N–H and O–H groups in total. The van der Waals surface area contributed by atoms with Crippen molar-refractivity contribution < 1.29 is 22.4 Å². The molecule has 1 fully saturated rings. The molecule has 2 aromatic carbocycles. The Kier molecular flexibility index (Phi) is 5.57. The number of benzene rings is 2. The fourth-order valence-electron chi connectivity index (χ4n) is 2.73. The van der Waals surface area contributed by atoms with Crippen molar-refractivity contribution >= 4 is 50.5 Å². The molecular weight excluding hydrogens is 481 g/mol. The lowest BCUT2D eigenvalue weighted by Gasteiger charge is -2.09. The van der Waals surface area contributed by atoms with Crippen LogP contribution < -0.4 is 5.32 Å². The number of amides is 1. The normalized spacial score (nSPS) is 17.0. The molecular formula is C21H12BrF3N2O2S. The standard InChI is InChI=1S/C21H12BrF3N2O2S/c22-13-7-5-12(6-8-13)17-10-9-14(29-17)11-18-19(28)27-20(30-18)26-16-4-2-1-3-15(16)21(23,24)25/h1-11H,(H,26,27,28). The van der Waals surface area contributed by atoms with Gasteiger partial charge in [0.2, 0.25) is 0 Å². The van der Waals surface area contributed by atoms with Crippen LogP contribution in [0.5, 0.6) is 0 Å². The van der Waals surface area contributed by atoms with Gasteiger partial charge in [-0.25, -0.2) is 4.99 Å². The summed E-state index contributed by atoms with van der Waals surface area (Å²) in [6, 6.07) is 16.0. The molecule has 1 saturated heterocycles. The molecule has 1 aliphatic rings. The quantitative estimate of drug-likeness (QED) is 0.418. The van der Waals surface area contributed by atoms with Gasteiger partial charge in [0.1, 0.15) is 11.5 Å². The van der Waals surface area contributed by atoms with Crippen LogP contribution in [-0.4, -0.2) is 11.1 Å². The van der Waals surface area contributed by atoms with Crippen molar-refractivity contribution in [2.75, 3.05) is 0 Å². The Labute approximate surface area is 182 Å². The van der Waals surface area contributed by atoms with E-state index in [-0.39, 0.29) is 15.8 Å². The maximum atomic E-state index is 13.1. The molecule has 1 aliphatic heterocycles. The summed E-state index contributed by atoms with van der Waals surface area (Å²) in [5, 5.41) is 2.56. The van der Waals surface area contributed by atoms with E-state index in [4.69, 9.17) is 4.42 Å². The highest BCUT2D eigenvalue weighted by Crippen LogP contribution is 2.37. The number of hydrogen-bond donors (Lipinski definition) is 1. The van der Waals surface area contributed by atoms with Gasteiger partial charge in [-0.1, -0.05) is 40.2 Å². The minimum atomic E-state index is -4.54. The highest BCUT2D eigenvalue weighted by Gasteiger charge is 2.34. The topological polar surface area (TPSA) is 54.6 Å². The van der Waals surface area contributed by atoms with Gasteiger partial charge in [-0.05, 0) is 48.2 Å². The second-order valence-electron chi connectivity index (χ2n) is 6.21. The van der Waals surface area contributed by atoms with Crippen molar-refractivity contribution in [3.63, 3.8) is 0 Å². The van der Waals surface area contributed by atoms with Gasteiger partial charge in [-0.15, -0.1) is 0 Å². The number of rotatable bonds is 3. The molecule has 0 saturated carbocycles. The van der Waals surface area contributed by atoms with Crippen molar-refractivity contribution in [3.05, 3.63) is 81.4 Å². The SMILES string of the molecule is O=C1NC(=Nc2ccccc2C(F)(F)F)SC1=Cc1ccc(-c2ccc(Br)cc2)o1. The number of furan rings is 1. The van der Waals surface area contributed by atoms with Crippen LogP contribution in [0.4, 0.5) is 18.9 Å². The molecule has 4 nitrogen and oxygen atoms in total. The number of carbonyl (C=O) groups is 1. The van der Waals surface area contributed by atoms with E-state index in [9.17, 15) is 18.0 Å². The molecule has 0 unspecified atom stereocenters. The average Bonchev–Trinajstić information content (AvgIpc) is 3.29. The minimum absolute atomic E-state index is 0.0719. The van der Waals surface area contributed by atoms with Gasteiger partial charge in [0.25, 0.3) is 5.91 Å². The molecule has 4 rings (SSSR count). The molecule has 0 aliphatic carbocycles. The van der Waals surface area contributed by atoms with Crippen molar-refractivity contribution in [1.82, 2.24) is 5.32 Å². The minimum Gasteiger partial charge on any atom is -0.457 e. The fraction of sp³-hybridized carbons (Fsp3) is 0.0476. The maximum absolute atomic E-state index is 13.1. The van der Waals surface area contributed by atoms with E-state index in [1.54, 1.807) is 12.1 Å². The van der Waals surface area contributed by atoms with Crippen molar-refractivity contribution in [2.24, 2.45) is 4.99 Å². The molecule has 1 amide bonds. The Morgan fingerprint density at radius 3 is 2.50 bits per heavy atom. The number of aliphatic imine (C=N–C) groups is 1. The van der Waals surface area contributed by atoms with Gasteiger partial charge < -0.3 is 9.73 Å². The van der Waals surface area contributed by atoms with Crippen LogP contribution in [-0.2, 0) is 11.0 Å². The van der Waals surface area contributed by atoms with E-state index in [2.05, 4.69) is 26.2 Å². The number of para-hydroxylation sites is 1. The third kappa shape index (κ3) is 4.52. The van der Waals surface area contributed by atoms with Crippen LogP contribution in [0.1, 0.15) is 11.3 Å². The number of carbonyl (C=O) groups excluding carboxylic acids is 1. The first-order valence-corrected chi connectivity index (χ1v) is 10.2. The zero-order valence-electron chi connectivity index (χ0n) is 15.0. The Hall–Kier alpha value is -2.78. The predicted octanol–water partition coefficient (Wildman–Crippen LogP) is 6.62. The van der Waals surface area contributed by atoms with E-state index in [0.29, 0.717) is 11.5 Å². The number of thioether (sulfide) groups is 1. The lowest BCUT2D eigenvalue weighted by molar-refractivity contribution is -0.137. The van der Waals surface area contributed by atoms with Crippen molar-refractivity contribution in [3.8, 4) is 11.3 Å². The van der Waals surface area contributed by atoms with E-state index in [0.717, 1.165) is 27.9 Å². The second kappa shape index (κ2) is 8.16. The molecule has 0 atom stereocenters. The molecule has 30 heavy (non-hydrogen) atoms. The molecule has 3 aromatic rings. The van der Waals surface area contributed by atoms with Crippen LogP contribution in [0, 0.1) is 0 Å². The van der Waals surface area contributed by atoms with Gasteiger partial charge in [-0.2, -0.15) is 13.2 Å². The molecule has 9 heteroatoms. The summed E-state index contributed by atoms with van der Waals surface area (Å²) in [5.74, 6) is 0.623. The van der Waals surface area contributed by atoms with Crippen molar-refractivity contribution in [2.45, 2.75) is 6.18 Å². The van der Waals surface area contributed by atoms with Crippen LogP contribution in [0.25, 0.3) is 17.4 Å². The highest BCUT2D eigenvalue weighted by molar-refractivity contribution is 9.10. The zero-order valence-corrected chi connectivity index (χ0v) is 17.4. The van der Waals surface area contributed by atoms with E-state index in [1.165, 1.54) is 24.3 Å². The van der Waals surface area contributed by atoms with Crippen molar-refractivity contribution in [1.29, 1.82) is 0 Å². The first-order chi connectivity index (χ1) is 14.3. The molecule has 2 heterocycles. The molecule has 0 radical (unpaired) electrons. The predicted molar refractivity (Wildman–Crippen MR) is 114 cm³/mol. The largest absolute Gasteiger partial charge is 0.457 e. The Morgan fingerprint density at radius 2 is 1.77 bits per heavy atom. The van der Waals surface area contributed by atoms with Crippen LogP contribution in [0.15, 0.2) is 79.5 Å². The number of alkyl halides is 3. The summed E-state index contributed by atoms with van der Waals surface area (Å²) >= 11 is 4.32. The molecule has 152 valence electrons. The van der Waals surface area contributed by atoms with Gasteiger partial charge in [0.15, 0.2) is 5.17 Å².